The fourth-order valence-electron chi connectivity index (χ4n) is 3.22. The average Bonchev–Trinajstić information content (AvgIpc) is 3.35. The second-order valence-corrected chi connectivity index (χ2v) is 6.36. The third-order valence-corrected chi connectivity index (χ3v) is 4.62. The summed E-state index contributed by atoms with van der Waals surface area (Å²) in [5.74, 6) is 1.47. The lowest BCUT2D eigenvalue weighted by Gasteiger charge is -2.07. The van der Waals surface area contributed by atoms with E-state index in [1.54, 1.807) is 37.6 Å². The molecule has 0 radical (unpaired) electrons. The monoisotopic (exact) mass is 375 g/mol. The molecule has 0 unspecified atom stereocenters. The van der Waals surface area contributed by atoms with Crippen LogP contribution in [0.15, 0.2) is 60.9 Å². The van der Waals surface area contributed by atoms with Gasteiger partial charge in [-0.25, -0.2) is 4.98 Å². The van der Waals surface area contributed by atoms with E-state index < -0.39 is 0 Å². The van der Waals surface area contributed by atoms with Crippen LogP contribution >= 0.6 is 0 Å². The number of nitrogens with zero attached hydrogens (tertiary/aromatic N) is 4. The number of aromatic nitrogens is 4. The van der Waals surface area contributed by atoms with E-state index in [0.717, 1.165) is 23.4 Å². The van der Waals surface area contributed by atoms with E-state index in [9.17, 15) is 4.79 Å². The van der Waals surface area contributed by atoms with Crippen molar-refractivity contribution in [1.82, 2.24) is 19.3 Å². The maximum atomic E-state index is 12.5. The normalized spacial score (nSPS) is 10.9. The molecule has 1 N–H and O–H groups in total. The number of fused-ring (bicyclic) bond motifs is 1. The van der Waals surface area contributed by atoms with Gasteiger partial charge in [-0.2, -0.15) is 5.10 Å². The number of carbonyl (C=O) groups excluding carboxylic acids is 1. The van der Waals surface area contributed by atoms with Gasteiger partial charge in [0.15, 0.2) is 0 Å². The molecule has 7 nitrogen and oxygen atoms in total. The average molecular weight is 375 g/mol. The molecule has 0 aliphatic rings. The predicted molar refractivity (Wildman–Crippen MR) is 108 cm³/mol. The first-order chi connectivity index (χ1) is 13.7. The number of anilines is 1. The van der Waals surface area contributed by atoms with E-state index in [-0.39, 0.29) is 5.91 Å². The number of carbonyl (C=O) groups is 1. The van der Waals surface area contributed by atoms with Gasteiger partial charge in [0.1, 0.15) is 11.6 Å². The summed E-state index contributed by atoms with van der Waals surface area (Å²) in [4.78, 5) is 17.3. The Morgan fingerprint density at radius 1 is 1.18 bits per heavy atom. The summed E-state index contributed by atoms with van der Waals surface area (Å²) in [6.07, 6.45) is 3.67. The summed E-state index contributed by atoms with van der Waals surface area (Å²) in [5, 5.41) is 7.19. The predicted octanol–water partition coefficient (Wildman–Crippen LogP) is 3.56. The zero-order valence-corrected chi connectivity index (χ0v) is 15.8. The van der Waals surface area contributed by atoms with Crippen LogP contribution in [0.5, 0.6) is 5.75 Å². The topological polar surface area (TPSA) is 74.0 Å². The Morgan fingerprint density at radius 2 is 2.00 bits per heavy atom. The fraction of sp³-hybridized carbons (Fsp3) is 0.190. The molecule has 28 heavy (non-hydrogen) atoms. The van der Waals surface area contributed by atoms with E-state index in [1.165, 1.54) is 0 Å². The van der Waals surface area contributed by atoms with E-state index in [1.807, 2.05) is 35.1 Å². The summed E-state index contributed by atoms with van der Waals surface area (Å²) >= 11 is 0. The van der Waals surface area contributed by atoms with Crippen molar-refractivity contribution in [3.05, 3.63) is 72.3 Å². The van der Waals surface area contributed by atoms with Crippen molar-refractivity contribution in [2.75, 3.05) is 12.4 Å². The smallest absolute Gasteiger partial charge is 0.255 e. The van der Waals surface area contributed by atoms with Crippen molar-refractivity contribution < 1.29 is 9.53 Å². The number of ether oxygens (including phenoxy) is 1. The lowest BCUT2D eigenvalue weighted by Crippen LogP contribution is -2.11. The summed E-state index contributed by atoms with van der Waals surface area (Å²) in [7, 11) is 1.60. The number of aryl methyl sites for hydroxylation is 1. The zero-order chi connectivity index (χ0) is 19.5. The SMILES string of the molecule is CCn1c(Cn2cccn2)nc2cc(NC(=O)c3ccc(OC)cc3)ccc21. The molecule has 0 saturated carbocycles. The number of imidazole rings is 1. The Bertz CT molecular complexity index is 1100. The van der Waals surface area contributed by atoms with Gasteiger partial charge >= 0.3 is 0 Å². The summed E-state index contributed by atoms with van der Waals surface area (Å²) < 4.78 is 9.13. The second-order valence-electron chi connectivity index (χ2n) is 6.36. The minimum atomic E-state index is -0.173. The van der Waals surface area contributed by atoms with Gasteiger partial charge in [-0.1, -0.05) is 0 Å². The second kappa shape index (κ2) is 7.56. The van der Waals surface area contributed by atoms with E-state index in [4.69, 9.17) is 9.72 Å². The molecule has 0 fully saturated rings. The molecule has 4 rings (SSSR count). The van der Waals surface area contributed by atoms with Crippen LogP contribution in [0.4, 0.5) is 5.69 Å². The Kier molecular flexibility index (Phi) is 4.80. The van der Waals surface area contributed by atoms with Gasteiger partial charge in [-0.05, 0) is 55.5 Å². The van der Waals surface area contributed by atoms with Crippen LogP contribution in [0.1, 0.15) is 23.1 Å². The molecule has 0 aliphatic carbocycles. The van der Waals surface area contributed by atoms with Crippen LogP contribution in [0.3, 0.4) is 0 Å². The summed E-state index contributed by atoms with van der Waals surface area (Å²) in [6.45, 7) is 3.50. The van der Waals surface area contributed by atoms with Crippen molar-refractivity contribution in [1.29, 1.82) is 0 Å². The van der Waals surface area contributed by atoms with Crippen LogP contribution in [-0.4, -0.2) is 32.3 Å². The van der Waals surface area contributed by atoms with Gasteiger partial charge in [-0.3, -0.25) is 9.48 Å². The largest absolute Gasteiger partial charge is 0.497 e. The molecule has 0 atom stereocenters. The molecular weight excluding hydrogens is 354 g/mol. The fourth-order valence-corrected chi connectivity index (χ4v) is 3.22. The lowest BCUT2D eigenvalue weighted by molar-refractivity contribution is 0.102. The van der Waals surface area contributed by atoms with Crippen LogP contribution < -0.4 is 10.1 Å². The van der Waals surface area contributed by atoms with Crippen LogP contribution in [0.2, 0.25) is 0 Å². The van der Waals surface area contributed by atoms with Crippen LogP contribution in [0.25, 0.3) is 11.0 Å². The first-order valence-electron chi connectivity index (χ1n) is 9.10. The molecule has 0 bridgehead atoms. The Balaban J connectivity index is 1.59. The standard InChI is InChI=1S/C21H21N5O2/c1-3-26-19-10-7-16(23-21(27)15-5-8-17(28-2)9-6-15)13-18(19)24-20(26)14-25-12-4-11-22-25/h4-13H,3,14H2,1-2H3,(H,23,27). The summed E-state index contributed by atoms with van der Waals surface area (Å²) in [5.41, 5.74) is 3.16. The van der Waals surface area contributed by atoms with Crippen molar-refractivity contribution >= 4 is 22.6 Å². The van der Waals surface area contributed by atoms with Crippen molar-refractivity contribution in [3.63, 3.8) is 0 Å². The van der Waals surface area contributed by atoms with Crippen molar-refractivity contribution in [2.45, 2.75) is 20.0 Å². The third-order valence-electron chi connectivity index (χ3n) is 4.62. The Hall–Kier alpha value is -3.61. The molecule has 7 heteroatoms. The Morgan fingerprint density at radius 3 is 2.68 bits per heavy atom. The molecule has 2 heterocycles. The number of hydrogen-bond donors (Lipinski definition) is 1. The first-order valence-corrected chi connectivity index (χ1v) is 9.10. The molecule has 0 spiro atoms. The van der Waals surface area contributed by atoms with E-state index >= 15 is 0 Å². The highest BCUT2D eigenvalue weighted by molar-refractivity contribution is 6.05. The number of methoxy groups -OCH3 is 1. The molecule has 2 aromatic carbocycles. The van der Waals surface area contributed by atoms with E-state index in [0.29, 0.717) is 23.5 Å². The van der Waals surface area contributed by atoms with Crippen LogP contribution in [-0.2, 0) is 13.1 Å². The third kappa shape index (κ3) is 3.46. The van der Waals surface area contributed by atoms with Crippen molar-refractivity contribution in [2.24, 2.45) is 0 Å². The number of amides is 1. The van der Waals surface area contributed by atoms with Gasteiger partial charge in [0, 0.05) is 30.2 Å². The van der Waals surface area contributed by atoms with Crippen molar-refractivity contribution in [3.8, 4) is 5.75 Å². The number of benzene rings is 2. The highest BCUT2D eigenvalue weighted by atomic mass is 16.5. The van der Waals surface area contributed by atoms with E-state index in [2.05, 4.69) is 21.9 Å². The highest BCUT2D eigenvalue weighted by Crippen LogP contribution is 2.22. The van der Waals surface area contributed by atoms with Gasteiger partial charge < -0.3 is 14.6 Å². The zero-order valence-electron chi connectivity index (χ0n) is 15.8. The number of hydrogen-bond acceptors (Lipinski definition) is 4. The molecule has 142 valence electrons. The number of nitrogens with one attached hydrogen (secondary N) is 1. The van der Waals surface area contributed by atoms with Gasteiger partial charge in [0.25, 0.3) is 5.91 Å². The minimum absolute atomic E-state index is 0.173. The Labute approximate surface area is 162 Å². The maximum Gasteiger partial charge on any atom is 0.255 e. The van der Waals surface area contributed by atoms with Gasteiger partial charge in [0.05, 0.1) is 24.7 Å². The molecule has 2 aromatic heterocycles. The quantitative estimate of drug-likeness (QED) is 0.559. The van der Waals surface area contributed by atoms with Crippen LogP contribution in [0, 0.1) is 0 Å². The summed E-state index contributed by atoms with van der Waals surface area (Å²) in [6, 6.07) is 14.7. The van der Waals surface area contributed by atoms with Gasteiger partial charge in [0.2, 0.25) is 0 Å². The molecule has 0 saturated heterocycles. The molecule has 1 amide bonds. The lowest BCUT2D eigenvalue weighted by atomic mass is 10.2. The van der Waals surface area contributed by atoms with Gasteiger partial charge in [-0.15, -0.1) is 0 Å². The number of rotatable bonds is 6. The maximum absolute atomic E-state index is 12.5. The molecule has 4 aromatic rings. The minimum Gasteiger partial charge on any atom is -0.497 e. The molecular formula is C21H21N5O2. The first kappa shape index (κ1) is 17.8. The molecule has 0 aliphatic heterocycles. The highest BCUT2D eigenvalue weighted by Gasteiger charge is 2.12.